The third kappa shape index (κ3) is 4.31. The molecule has 0 aromatic heterocycles. The van der Waals surface area contributed by atoms with E-state index in [1.807, 2.05) is 0 Å². The lowest BCUT2D eigenvalue weighted by molar-refractivity contribution is 0.198. The number of thiol groups is 1. The number of hydrogen-bond acceptors (Lipinski definition) is 1. The molecule has 0 aromatic carbocycles. The molecule has 0 heterocycles. The Labute approximate surface area is 37.4 Å². The second kappa shape index (κ2) is 2.54. The molecule has 0 N–H and O–H groups in total. The Kier molecular flexibility index (Phi) is 2.70. The Morgan fingerprint density at radius 3 is 2.20 bits per heavy atom. The van der Waals surface area contributed by atoms with Gasteiger partial charge in [-0.1, -0.05) is 6.92 Å². The molecule has 0 aliphatic rings. The zero-order valence-electron chi connectivity index (χ0n) is 3.14. The van der Waals surface area contributed by atoms with Gasteiger partial charge in [0.25, 0.3) is 0 Å². The van der Waals surface area contributed by atoms with E-state index in [2.05, 4.69) is 12.6 Å². The van der Waals surface area contributed by atoms with Crippen LogP contribution in [0.2, 0.25) is 0 Å². The van der Waals surface area contributed by atoms with E-state index >= 15 is 0 Å². The lowest BCUT2D eigenvalue weighted by atomic mass is 10.5. The molecule has 0 saturated carbocycles. The van der Waals surface area contributed by atoms with Crippen molar-refractivity contribution in [2.75, 3.05) is 6.61 Å². The van der Waals surface area contributed by atoms with Gasteiger partial charge in [-0.15, -0.1) is 0 Å². The molecule has 0 rings (SSSR count). The van der Waals surface area contributed by atoms with Crippen LogP contribution in [0.5, 0.6) is 0 Å². The summed E-state index contributed by atoms with van der Waals surface area (Å²) in [5, 5.41) is 9.58. The summed E-state index contributed by atoms with van der Waals surface area (Å²) in [7, 11) is 0. The van der Waals surface area contributed by atoms with Crippen molar-refractivity contribution in [3.05, 3.63) is 0 Å². The lowest BCUT2D eigenvalue weighted by Crippen LogP contribution is -1.93. The number of rotatable bonds is 1. The summed E-state index contributed by atoms with van der Waals surface area (Å²) in [6, 6.07) is 0. The highest BCUT2D eigenvalue weighted by molar-refractivity contribution is 7.80. The molecular weight excluding hydrogens is 84.1 g/mol. The molecule has 1 nitrogen and oxygen atoms in total. The summed E-state index contributed by atoms with van der Waals surface area (Å²) in [5.74, 6) is 0. The van der Waals surface area contributed by atoms with E-state index < -0.39 is 0 Å². The summed E-state index contributed by atoms with van der Waals surface area (Å²) in [6.07, 6.45) is 0. The second-order valence-electron chi connectivity index (χ2n) is 1.02. The molecule has 2 heteroatoms. The summed E-state index contributed by atoms with van der Waals surface area (Å²) < 4.78 is 0. The van der Waals surface area contributed by atoms with Crippen LogP contribution in [-0.4, -0.2) is 11.9 Å². The number of hydrogen-bond donors (Lipinski definition) is 1. The van der Waals surface area contributed by atoms with Crippen LogP contribution < -0.4 is 0 Å². The molecular formula is C3H7OS. The van der Waals surface area contributed by atoms with E-state index in [9.17, 15) is 5.11 Å². The molecule has 0 aliphatic heterocycles. The molecule has 31 valence electrons. The maximum absolute atomic E-state index is 9.55. The van der Waals surface area contributed by atoms with Gasteiger partial charge in [-0.3, -0.25) is 0 Å². The van der Waals surface area contributed by atoms with Crippen molar-refractivity contribution in [2.45, 2.75) is 12.2 Å². The van der Waals surface area contributed by atoms with E-state index in [-0.39, 0.29) is 11.9 Å². The summed E-state index contributed by atoms with van der Waals surface area (Å²) >= 11 is 3.79. The minimum absolute atomic E-state index is 0.0231. The first-order chi connectivity index (χ1) is 2.27. The van der Waals surface area contributed by atoms with E-state index in [0.717, 1.165) is 0 Å². The van der Waals surface area contributed by atoms with Crippen molar-refractivity contribution in [3.63, 3.8) is 0 Å². The highest BCUT2D eigenvalue weighted by Crippen LogP contribution is 1.86. The van der Waals surface area contributed by atoms with Crippen LogP contribution in [0.25, 0.3) is 0 Å². The largest absolute Gasteiger partial charge is 0.236 e. The fourth-order valence-electron chi connectivity index (χ4n) is 0. The van der Waals surface area contributed by atoms with Gasteiger partial charge in [0.15, 0.2) is 0 Å². The molecule has 0 spiro atoms. The Morgan fingerprint density at radius 1 is 2.00 bits per heavy atom. The molecule has 0 bridgehead atoms. The minimum Gasteiger partial charge on any atom is -0.236 e. The normalized spacial score (nSPS) is 15.0. The standard InChI is InChI=1S/C3H7OS/c1-3(5)2-4/h3,5H,2H2,1H3. The molecule has 1 radical (unpaired) electrons. The maximum Gasteiger partial charge on any atom is 0.0935 e. The molecule has 0 fully saturated rings. The Hall–Kier alpha value is 0.310. The quantitative estimate of drug-likeness (QED) is 0.459. The van der Waals surface area contributed by atoms with Crippen LogP contribution in [0, 0.1) is 0 Å². The van der Waals surface area contributed by atoms with E-state index in [1.165, 1.54) is 0 Å². The van der Waals surface area contributed by atoms with Gasteiger partial charge in [-0.2, -0.15) is 12.6 Å². The first-order valence-electron chi connectivity index (χ1n) is 1.53. The van der Waals surface area contributed by atoms with Crippen LogP contribution in [0.3, 0.4) is 0 Å². The first kappa shape index (κ1) is 5.31. The highest BCUT2D eigenvalue weighted by atomic mass is 32.1. The van der Waals surface area contributed by atoms with Gasteiger partial charge in [-0.05, 0) is 0 Å². The molecule has 0 aromatic rings. The smallest absolute Gasteiger partial charge is 0.0935 e. The average molecular weight is 91.2 g/mol. The lowest BCUT2D eigenvalue weighted by Gasteiger charge is -1.86. The fraction of sp³-hybridized carbons (Fsp3) is 1.00. The van der Waals surface area contributed by atoms with Gasteiger partial charge in [0.05, 0.1) is 6.61 Å². The third-order valence-electron chi connectivity index (χ3n) is 0.241. The van der Waals surface area contributed by atoms with Crippen LogP contribution >= 0.6 is 12.6 Å². The average Bonchev–Trinajstić information content (AvgIpc) is 1.38. The van der Waals surface area contributed by atoms with E-state index in [0.29, 0.717) is 0 Å². The van der Waals surface area contributed by atoms with Gasteiger partial charge in [0.2, 0.25) is 0 Å². The maximum atomic E-state index is 9.55. The van der Waals surface area contributed by atoms with E-state index in [1.54, 1.807) is 6.92 Å². The predicted molar refractivity (Wildman–Crippen MR) is 24.0 cm³/mol. The van der Waals surface area contributed by atoms with Crippen molar-refractivity contribution in [1.82, 2.24) is 0 Å². The second-order valence-corrected chi connectivity index (χ2v) is 1.90. The van der Waals surface area contributed by atoms with E-state index in [4.69, 9.17) is 0 Å². The van der Waals surface area contributed by atoms with Crippen LogP contribution in [0.4, 0.5) is 0 Å². The van der Waals surface area contributed by atoms with Crippen LogP contribution in [-0.2, 0) is 5.11 Å². The molecule has 0 saturated heterocycles. The zero-order valence-corrected chi connectivity index (χ0v) is 4.03. The summed E-state index contributed by atoms with van der Waals surface area (Å²) in [4.78, 5) is 0. The summed E-state index contributed by atoms with van der Waals surface area (Å²) in [5.41, 5.74) is 0. The Balaban J connectivity index is 2.54. The molecule has 1 atom stereocenters. The van der Waals surface area contributed by atoms with Crippen LogP contribution in [0.15, 0.2) is 0 Å². The van der Waals surface area contributed by atoms with Gasteiger partial charge in [0, 0.05) is 5.25 Å². The first-order valence-corrected chi connectivity index (χ1v) is 2.05. The SMILES string of the molecule is CC(S)C[O]. The van der Waals surface area contributed by atoms with Crippen molar-refractivity contribution in [2.24, 2.45) is 0 Å². The van der Waals surface area contributed by atoms with Crippen molar-refractivity contribution in [3.8, 4) is 0 Å². The molecule has 1 unspecified atom stereocenters. The molecule has 5 heavy (non-hydrogen) atoms. The summed E-state index contributed by atoms with van der Waals surface area (Å²) in [6.45, 7) is 1.69. The van der Waals surface area contributed by atoms with Gasteiger partial charge >= 0.3 is 0 Å². The van der Waals surface area contributed by atoms with Crippen LogP contribution in [0.1, 0.15) is 6.92 Å². The third-order valence-corrected chi connectivity index (χ3v) is 0.390. The van der Waals surface area contributed by atoms with Gasteiger partial charge in [0.1, 0.15) is 0 Å². The predicted octanol–water partition coefficient (Wildman–Crippen LogP) is 0.735. The zero-order chi connectivity index (χ0) is 4.28. The molecule has 0 aliphatic carbocycles. The highest BCUT2D eigenvalue weighted by Gasteiger charge is 1.84. The Bertz CT molecular complexity index is 20.9. The topological polar surface area (TPSA) is 19.9 Å². The van der Waals surface area contributed by atoms with Crippen molar-refractivity contribution < 1.29 is 5.11 Å². The van der Waals surface area contributed by atoms with Gasteiger partial charge in [-0.25, -0.2) is 5.11 Å². The van der Waals surface area contributed by atoms with Gasteiger partial charge < -0.3 is 0 Å². The monoisotopic (exact) mass is 91.0 g/mol. The minimum atomic E-state index is -0.0802. The van der Waals surface area contributed by atoms with Crippen molar-refractivity contribution in [1.29, 1.82) is 0 Å². The van der Waals surface area contributed by atoms with Crippen molar-refractivity contribution >= 4 is 12.6 Å². The fourth-order valence-corrected chi connectivity index (χ4v) is 0. The molecule has 0 amide bonds. The Morgan fingerprint density at radius 2 is 2.20 bits per heavy atom.